The van der Waals surface area contributed by atoms with Crippen molar-refractivity contribution in [3.8, 4) is 0 Å². The molecule has 1 heterocycles. The summed E-state index contributed by atoms with van der Waals surface area (Å²) in [4.78, 5) is 11.8. The minimum absolute atomic E-state index is 0.0243. The number of hydrogen-bond donors (Lipinski definition) is 1. The van der Waals surface area contributed by atoms with E-state index in [0.717, 1.165) is 19.4 Å². The Kier molecular flexibility index (Phi) is 4.26. The van der Waals surface area contributed by atoms with E-state index < -0.39 is 0 Å². The molecule has 1 N–H and O–H groups in total. The second-order valence-electron chi connectivity index (χ2n) is 3.98. The van der Waals surface area contributed by atoms with Crippen LogP contribution in [0.5, 0.6) is 0 Å². The van der Waals surface area contributed by atoms with Gasteiger partial charge in [0.1, 0.15) is 0 Å². The quantitative estimate of drug-likeness (QED) is 0.916. The first-order valence-electron chi connectivity index (χ1n) is 5.52. The van der Waals surface area contributed by atoms with Gasteiger partial charge in [-0.2, -0.15) is 0 Å². The van der Waals surface area contributed by atoms with Crippen LogP contribution in [-0.2, 0) is 9.53 Å². The van der Waals surface area contributed by atoms with Crippen LogP contribution < -0.4 is 5.32 Å². The molecule has 2 rings (SSSR count). The topological polar surface area (TPSA) is 38.3 Å². The van der Waals surface area contributed by atoms with Crippen molar-refractivity contribution in [2.45, 2.75) is 25.4 Å². The highest BCUT2D eigenvalue weighted by atomic mass is 35.5. The molecule has 0 radical (unpaired) electrons. The van der Waals surface area contributed by atoms with Crippen LogP contribution in [0.15, 0.2) is 18.2 Å². The van der Waals surface area contributed by atoms with Crippen molar-refractivity contribution in [1.29, 1.82) is 0 Å². The molecule has 3 nitrogen and oxygen atoms in total. The highest BCUT2D eigenvalue weighted by molar-refractivity contribution is 6.39. The summed E-state index contributed by atoms with van der Waals surface area (Å²) in [5.74, 6) is -0.119. The van der Waals surface area contributed by atoms with Crippen molar-refractivity contribution in [2.24, 2.45) is 0 Å². The lowest BCUT2D eigenvalue weighted by Crippen LogP contribution is -2.19. The molecule has 92 valence electrons. The largest absolute Gasteiger partial charge is 0.378 e. The number of carbonyl (C=O) groups excluding carboxylic acids is 1. The average Bonchev–Trinajstić information content (AvgIpc) is 2.76. The Bertz CT molecular complexity index is 397. The first-order chi connectivity index (χ1) is 8.16. The van der Waals surface area contributed by atoms with Crippen LogP contribution in [0.1, 0.15) is 19.3 Å². The predicted octanol–water partition coefficient (Wildman–Crippen LogP) is 3.50. The van der Waals surface area contributed by atoms with Gasteiger partial charge in [0.25, 0.3) is 0 Å². The van der Waals surface area contributed by atoms with Crippen LogP contribution in [0.2, 0.25) is 10.0 Å². The van der Waals surface area contributed by atoms with Crippen LogP contribution in [0.25, 0.3) is 0 Å². The van der Waals surface area contributed by atoms with E-state index in [4.69, 9.17) is 27.9 Å². The number of carbonyl (C=O) groups is 1. The third kappa shape index (κ3) is 3.35. The fraction of sp³-hybridized carbons (Fsp3) is 0.417. The van der Waals surface area contributed by atoms with Gasteiger partial charge < -0.3 is 10.1 Å². The first kappa shape index (κ1) is 12.7. The van der Waals surface area contributed by atoms with E-state index in [0.29, 0.717) is 22.2 Å². The van der Waals surface area contributed by atoms with Gasteiger partial charge in [0.15, 0.2) is 0 Å². The minimum Gasteiger partial charge on any atom is -0.378 e. The predicted molar refractivity (Wildman–Crippen MR) is 68.7 cm³/mol. The molecule has 0 aliphatic carbocycles. The van der Waals surface area contributed by atoms with Crippen LogP contribution in [0, 0.1) is 0 Å². The van der Waals surface area contributed by atoms with E-state index in [-0.39, 0.29) is 12.0 Å². The van der Waals surface area contributed by atoms with Crippen molar-refractivity contribution in [3.63, 3.8) is 0 Å². The summed E-state index contributed by atoms with van der Waals surface area (Å²) in [6.45, 7) is 0.741. The second kappa shape index (κ2) is 5.71. The maximum absolute atomic E-state index is 11.8. The standard InChI is InChI=1S/C12H13Cl2NO2/c13-9-4-1-5-10(14)12(9)15-11(16)7-8-3-2-6-17-8/h1,4-5,8H,2-3,6-7H2,(H,15,16). The number of hydrogen-bond acceptors (Lipinski definition) is 2. The lowest BCUT2D eigenvalue weighted by molar-refractivity contribution is -0.118. The van der Waals surface area contributed by atoms with E-state index in [2.05, 4.69) is 5.32 Å². The van der Waals surface area contributed by atoms with Crippen molar-refractivity contribution in [2.75, 3.05) is 11.9 Å². The molecule has 1 fully saturated rings. The summed E-state index contributed by atoms with van der Waals surface area (Å²) in [5, 5.41) is 3.61. The average molecular weight is 274 g/mol. The van der Waals surface area contributed by atoms with Crippen LogP contribution in [0.3, 0.4) is 0 Å². The third-order valence-corrected chi connectivity index (χ3v) is 3.29. The van der Waals surface area contributed by atoms with Crippen molar-refractivity contribution in [1.82, 2.24) is 0 Å². The molecule has 1 amide bonds. The van der Waals surface area contributed by atoms with Crippen molar-refractivity contribution < 1.29 is 9.53 Å². The van der Waals surface area contributed by atoms with E-state index in [1.165, 1.54) is 0 Å². The van der Waals surface area contributed by atoms with Crippen LogP contribution >= 0.6 is 23.2 Å². The van der Waals surface area contributed by atoms with Crippen LogP contribution in [-0.4, -0.2) is 18.6 Å². The maximum Gasteiger partial charge on any atom is 0.227 e. The summed E-state index contributed by atoms with van der Waals surface area (Å²) in [7, 11) is 0. The molecule has 0 bridgehead atoms. The van der Waals surface area contributed by atoms with Gasteiger partial charge >= 0.3 is 0 Å². The molecule has 0 spiro atoms. The van der Waals surface area contributed by atoms with E-state index in [9.17, 15) is 4.79 Å². The normalized spacial score (nSPS) is 19.3. The number of halogens is 2. The summed E-state index contributed by atoms with van der Waals surface area (Å²) >= 11 is 11.9. The van der Waals surface area contributed by atoms with E-state index in [1.54, 1.807) is 18.2 Å². The lowest BCUT2D eigenvalue weighted by Gasteiger charge is -2.11. The Morgan fingerprint density at radius 2 is 2.12 bits per heavy atom. The number of benzene rings is 1. The zero-order chi connectivity index (χ0) is 12.3. The van der Waals surface area contributed by atoms with Gasteiger partial charge in [0.2, 0.25) is 5.91 Å². The second-order valence-corrected chi connectivity index (χ2v) is 4.80. The molecule has 0 saturated carbocycles. The van der Waals surface area contributed by atoms with Gasteiger partial charge in [0.05, 0.1) is 28.3 Å². The molecule has 1 aromatic carbocycles. The first-order valence-corrected chi connectivity index (χ1v) is 6.28. The van der Waals surface area contributed by atoms with Crippen molar-refractivity contribution >= 4 is 34.8 Å². The Balaban J connectivity index is 1.97. The number of nitrogens with one attached hydrogen (secondary N) is 1. The molecular weight excluding hydrogens is 261 g/mol. The molecule has 17 heavy (non-hydrogen) atoms. The maximum atomic E-state index is 11.8. The monoisotopic (exact) mass is 273 g/mol. The Morgan fingerprint density at radius 1 is 1.41 bits per heavy atom. The molecule has 5 heteroatoms. The van der Waals surface area contributed by atoms with E-state index >= 15 is 0 Å². The zero-order valence-electron chi connectivity index (χ0n) is 9.21. The molecule has 1 unspecified atom stereocenters. The summed E-state index contributed by atoms with van der Waals surface area (Å²) in [6, 6.07) is 5.12. The lowest BCUT2D eigenvalue weighted by atomic mass is 10.2. The highest BCUT2D eigenvalue weighted by Crippen LogP contribution is 2.30. The van der Waals surface area contributed by atoms with Gasteiger partial charge in [-0.05, 0) is 25.0 Å². The van der Waals surface area contributed by atoms with Crippen molar-refractivity contribution in [3.05, 3.63) is 28.2 Å². The number of ether oxygens (including phenoxy) is 1. The molecule has 1 saturated heterocycles. The fourth-order valence-electron chi connectivity index (χ4n) is 1.82. The van der Waals surface area contributed by atoms with Gasteiger partial charge in [-0.25, -0.2) is 0 Å². The fourth-order valence-corrected chi connectivity index (χ4v) is 2.31. The molecule has 0 aromatic heterocycles. The Labute approximate surface area is 110 Å². The summed E-state index contributed by atoms with van der Waals surface area (Å²) in [6.07, 6.45) is 2.33. The molecule has 1 atom stereocenters. The zero-order valence-corrected chi connectivity index (χ0v) is 10.7. The number of amides is 1. The van der Waals surface area contributed by atoms with Gasteiger partial charge in [-0.1, -0.05) is 29.3 Å². The van der Waals surface area contributed by atoms with Gasteiger partial charge in [0, 0.05) is 6.61 Å². The minimum atomic E-state index is -0.119. The SMILES string of the molecule is O=C(CC1CCCO1)Nc1c(Cl)cccc1Cl. The highest BCUT2D eigenvalue weighted by Gasteiger charge is 2.20. The summed E-state index contributed by atoms with van der Waals surface area (Å²) in [5.41, 5.74) is 0.471. The summed E-state index contributed by atoms with van der Waals surface area (Å²) < 4.78 is 5.39. The van der Waals surface area contributed by atoms with Gasteiger partial charge in [-0.3, -0.25) is 4.79 Å². The number of para-hydroxylation sites is 1. The van der Waals surface area contributed by atoms with E-state index in [1.807, 2.05) is 0 Å². The number of anilines is 1. The molecular formula is C12H13Cl2NO2. The third-order valence-electron chi connectivity index (χ3n) is 2.66. The molecule has 1 aromatic rings. The van der Waals surface area contributed by atoms with Gasteiger partial charge in [-0.15, -0.1) is 0 Å². The molecule has 1 aliphatic heterocycles. The molecule has 1 aliphatic rings. The smallest absolute Gasteiger partial charge is 0.227 e. The number of rotatable bonds is 3. The Morgan fingerprint density at radius 3 is 2.71 bits per heavy atom. The Hall–Kier alpha value is -0.770. The van der Waals surface area contributed by atoms with Crippen LogP contribution in [0.4, 0.5) is 5.69 Å².